The first kappa shape index (κ1) is 13.2. The molecule has 0 aromatic heterocycles. The van der Waals surface area contributed by atoms with Gasteiger partial charge in [0.2, 0.25) is 0 Å². The molecule has 1 aliphatic heterocycles. The van der Waals surface area contributed by atoms with E-state index >= 15 is 0 Å². The summed E-state index contributed by atoms with van der Waals surface area (Å²) in [5.41, 5.74) is 0. The molecule has 18 heavy (non-hydrogen) atoms. The van der Waals surface area contributed by atoms with Crippen molar-refractivity contribution >= 4 is 12.0 Å². The predicted molar refractivity (Wildman–Crippen MR) is 67.2 cm³/mol. The number of carbonyl (C=O) groups excluding carboxylic acids is 1. The van der Waals surface area contributed by atoms with E-state index in [1.54, 1.807) is 4.90 Å². The van der Waals surface area contributed by atoms with E-state index in [0.29, 0.717) is 25.6 Å². The normalized spacial score (nSPS) is 27.3. The van der Waals surface area contributed by atoms with Crippen LogP contribution in [0.4, 0.5) is 4.79 Å². The second-order valence-electron chi connectivity index (χ2n) is 5.59. The number of urea groups is 1. The van der Waals surface area contributed by atoms with E-state index < -0.39 is 11.9 Å². The summed E-state index contributed by atoms with van der Waals surface area (Å²) >= 11 is 0. The Kier molecular flexibility index (Phi) is 3.78. The molecular weight excluding hydrogens is 232 g/mol. The van der Waals surface area contributed by atoms with E-state index in [2.05, 4.69) is 0 Å². The molecule has 1 aliphatic carbocycles. The van der Waals surface area contributed by atoms with E-state index in [1.165, 1.54) is 12.8 Å². The van der Waals surface area contributed by atoms with Gasteiger partial charge in [-0.25, -0.2) is 4.79 Å². The molecule has 2 fully saturated rings. The van der Waals surface area contributed by atoms with Gasteiger partial charge in [-0.3, -0.25) is 4.79 Å². The van der Waals surface area contributed by atoms with Crippen LogP contribution in [0.5, 0.6) is 0 Å². The Labute approximate surface area is 108 Å². The summed E-state index contributed by atoms with van der Waals surface area (Å²) in [7, 11) is 0. The first-order valence-corrected chi connectivity index (χ1v) is 6.79. The molecule has 2 unspecified atom stereocenters. The Bertz CT molecular complexity index is 341. The van der Waals surface area contributed by atoms with Crippen LogP contribution in [-0.4, -0.2) is 53.1 Å². The van der Waals surface area contributed by atoms with Crippen molar-refractivity contribution in [1.82, 2.24) is 9.80 Å². The zero-order valence-electron chi connectivity index (χ0n) is 11.1. The molecule has 0 spiro atoms. The van der Waals surface area contributed by atoms with Gasteiger partial charge >= 0.3 is 12.0 Å². The van der Waals surface area contributed by atoms with E-state index in [4.69, 9.17) is 5.11 Å². The fraction of sp³-hybridized carbons (Fsp3) is 0.846. The number of carbonyl (C=O) groups is 2. The van der Waals surface area contributed by atoms with Crippen molar-refractivity contribution in [2.24, 2.45) is 17.8 Å². The smallest absolute Gasteiger partial charge is 0.320 e. The zero-order valence-corrected chi connectivity index (χ0v) is 11.1. The van der Waals surface area contributed by atoms with Crippen LogP contribution in [-0.2, 0) is 4.79 Å². The van der Waals surface area contributed by atoms with E-state index in [0.717, 1.165) is 6.54 Å². The highest BCUT2D eigenvalue weighted by Crippen LogP contribution is 2.31. The molecule has 0 radical (unpaired) electrons. The van der Waals surface area contributed by atoms with Crippen LogP contribution >= 0.6 is 0 Å². The minimum Gasteiger partial charge on any atom is -0.481 e. The minimum atomic E-state index is -0.789. The lowest BCUT2D eigenvalue weighted by atomic mass is 9.99. The maximum Gasteiger partial charge on any atom is 0.320 e. The van der Waals surface area contributed by atoms with Crippen molar-refractivity contribution in [2.45, 2.75) is 26.7 Å². The molecule has 2 aliphatic rings. The van der Waals surface area contributed by atoms with E-state index in [1.807, 2.05) is 18.7 Å². The summed E-state index contributed by atoms with van der Waals surface area (Å²) in [5, 5.41) is 9.08. The van der Waals surface area contributed by atoms with Crippen LogP contribution in [0.25, 0.3) is 0 Å². The topological polar surface area (TPSA) is 60.9 Å². The van der Waals surface area contributed by atoms with Gasteiger partial charge < -0.3 is 14.9 Å². The van der Waals surface area contributed by atoms with Crippen LogP contribution < -0.4 is 0 Å². The van der Waals surface area contributed by atoms with Crippen molar-refractivity contribution in [1.29, 1.82) is 0 Å². The molecular formula is C13H22N2O3. The third-order valence-corrected chi connectivity index (χ3v) is 4.03. The van der Waals surface area contributed by atoms with Crippen molar-refractivity contribution in [3.8, 4) is 0 Å². The number of rotatable bonds is 4. The summed E-state index contributed by atoms with van der Waals surface area (Å²) in [6.07, 6.45) is 2.44. The molecule has 1 saturated heterocycles. The molecule has 2 amide bonds. The summed E-state index contributed by atoms with van der Waals surface area (Å²) in [4.78, 5) is 26.9. The van der Waals surface area contributed by atoms with E-state index in [9.17, 15) is 9.59 Å². The SMILES string of the molecule is CCN(CC1CC1)C(=O)N1CC(C)C(C(=O)O)C1. The number of carboxylic acids is 1. The van der Waals surface area contributed by atoms with E-state index in [-0.39, 0.29) is 11.9 Å². The molecule has 1 N–H and O–H groups in total. The largest absolute Gasteiger partial charge is 0.481 e. The number of amides is 2. The summed E-state index contributed by atoms with van der Waals surface area (Å²) in [6.45, 7) is 6.35. The molecule has 1 heterocycles. The summed E-state index contributed by atoms with van der Waals surface area (Å²) in [6, 6.07) is 0.0139. The van der Waals surface area contributed by atoms with Crippen molar-refractivity contribution in [3.05, 3.63) is 0 Å². The fourth-order valence-corrected chi connectivity index (χ4v) is 2.60. The highest BCUT2D eigenvalue weighted by molar-refractivity contribution is 5.77. The molecule has 102 valence electrons. The Morgan fingerprint density at radius 2 is 2.00 bits per heavy atom. The predicted octanol–water partition coefficient (Wildman–Crippen LogP) is 1.49. The highest BCUT2D eigenvalue weighted by atomic mass is 16.4. The molecule has 0 bridgehead atoms. The summed E-state index contributed by atoms with van der Waals surface area (Å²) < 4.78 is 0. The van der Waals surface area contributed by atoms with Gasteiger partial charge in [0.25, 0.3) is 0 Å². The maximum absolute atomic E-state index is 12.3. The average molecular weight is 254 g/mol. The van der Waals surface area contributed by atoms with Gasteiger partial charge in [-0.05, 0) is 31.6 Å². The lowest BCUT2D eigenvalue weighted by molar-refractivity contribution is -0.142. The lowest BCUT2D eigenvalue weighted by Crippen LogP contribution is -2.43. The molecule has 5 heteroatoms. The molecule has 1 saturated carbocycles. The Morgan fingerprint density at radius 1 is 1.33 bits per heavy atom. The Morgan fingerprint density at radius 3 is 2.44 bits per heavy atom. The van der Waals surface area contributed by atoms with Crippen LogP contribution in [0.15, 0.2) is 0 Å². The third kappa shape index (κ3) is 2.76. The second kappa shape index (κ2) is 5.16. The monoisotopic (exact) mass is 254 g/mol. The van der Waals surface area contributed by atoms with Crippen LogP contribution in [0.1, 0.15) is 26.7 Å². The quantitative estimate of drug-likeness (QED) is 0.827. The first-order chi connectivity index (χ1) is 8.52. The van der Waals surface area contributed by atoms with Crippen LogP contribution in [0, 0.1) is 17.8 Å². The van der Waals surface area contributed by atoms with Crippen molar-refractivity contribution in [3.63, 3.8) is 0 Å². The number of hydrogen-bond acceptors (Lipinski definition) is 2. The molecule has 2 atom stereocenters. The maximum atomic E-state index is 12.3. The van der Waals surface area contributed by atoms with Crippen LogP contribution in [0.2, 0.25) is 0 Å². The Balaban J connectivity index is 1.94. The lowest BCUT2D eigenvalue weighted by Gasteiger charge is -2.27. The van der Waals surface area contributed by atoms with Crippen molar-refractivity contribution < 1.29 is 14.7 Å². The number of carboxylic acid groups (broad SMARTS) is 1. The molecule has 0 aromatic rings. The highest BCUT2D eigenvalue weighted by Gasteiger charge is 2.38. The van der Waals surface area contributed by atoms with Gasteiger partial charge in [0.05, 0.1) is 5.92 Å². The number of nitrogens with zero attached hydrogens (tertiary/aromatic N) is 2. The van der Waals surface area contributed by atoms with Gasteiger partial charge in [-0.2, -0.15) is 0 Å². The average Bonchev–Trinajstić information content (AvgIpc) is 3.06. The fourth-order valence-electron chi connectivity index (χ4n) is 2.60. The first-order valence-electron chi connectivity index (χ1n) is 6.79. The number of aliphatic carboxylic acids is 1. The van der Waals surface area contributed by atoms with Gasteiger partial charge in [0, 0.05) is 26.2 Å². The molecule has 0 aromatic carbocycles. The molecule has 5 nitrogen and oxygen atoms in total. The van der Waals surface area contributed by atoms with Gasteiger partial charge in [-0.15, -0.1) is 0 Å². The third-order valence-electron chi connectivity index (χ3n) is 4.03. The number of likely N-dealkylation sites (tertiary alicyclic amines) is 1. The standard InChI is InChI=1S/C13H22N2O3/c1-3-14(7-10-4-5-10)13(18)15-6-9(2)11(8-15)12(16)17/h9-11H,3-8H2,1-2H3,(H,16,17). The molecule has 2 rings (SSSR count). The van der Waals surface area contributed by atoms with Gasteiger partial charge in [-0.1, -0.05) is 6.92 Å². The second-order valence-corrected chi connectivity index (χ2v) is 5.59. The Hall–Kier alpha value is -1.26. The number of hydrogen-bond donors (Lipinski definition) is 1. The van der Waals surface area contributed by atoms with Gasteiger partial charge in [0.1, 0.15) is 0 Å². The van der Waals surface area contributed by atoms with Crippen molar-refractivity contribution in [2.75, 3.05) is 26.2 Å². The van der Waals surface area contributed by atoms with Crippen LogP contribution in [0.3, 0.4) is 0 Å². The zero-order chi connectivity index (χ0) is 13.3. The van der Waals surface area contributed by atoms with Gasteiger partial charge in [0.15, 0.2) is 0 Å². The minimum absolute atomic E-state index is 0.0139. The summed E-state index contributed by atoms with van der Waals surface area (Å²) in [5.74, 6) is -0.480.